The Hall–Kier alpha value is -2.90. The molecule has 1 N–H and O–H groups in total. The Morgan fingerprint density at radius 1 is 1.17 bits per heavy atom. The molecular formula is C20H17Cl2N5O2. The van der Waals surface area contributed by atoms with Gasteiger partial charge in [-0.15, -0.1) is 0 Å². The number of benzene rings is 2. The second-order valence-corrected chi connectivity index (χ2v) is 7.49. The van der Waals surface area contributed by atoms with Gasteiger partial charge in [-0.3, -0.25) is 4.79 Å². The van der Waals surface area contributed by atoms with E-state index in [9.17, 15) is 4.79 Å². The minimum atomic E-state index is -0.400. The van der Waals surface area contributed by atoms with Crippen molar-refractivity contribution in [1.29, 1.82) is 0 Å². The summed E-state index contributed by atoms with van der Waals surface area (Å²) in [6.45, 7) is 3.74. The molecule has 0 bridgehead atoms. The van der Waals surface area contributed by atoms with Crippen molar-refractivity contribution in [3.05, 3.63) is 74.9 Å². The number of carbonyl (C=O) groups excluding carboxylic acids is 1. The summed E-state index contributed by atoms with van der Waals surface area (Å²) < 4.78 is 7.45. The zero-order chi connectivity index (χ0) is 20.5. The van der Waals surface area contributed by atoms with Gasteiger partial charge in [-0.05, 0) is 59.7 Å². The number of allylic oxidation sites excluding steroid dienone is 2. The quantitative estimate of drug-likeness (QED) is 0.645. The number of hydrogen-bond acceptors (Lipinski definition) is 6. The highest BCUT2D eigenvalue weighted by Gasteiger charge is 2.32. The van der Waals surface area contributed by atoms with Crippen LogP contribution in [0.3, 0.4) is 0 Å². The van der Waals surface area contributed by atoms with Gasteiger partial charge in [0.1, 0.15) is 18.4 Å². The number of tetrazole rings is 1. The predicted molar refractivity (Wildman–Crippen MR) is 110 cm³/mol. The molecular weight excluding hydrogens is 413 g/mol. The van der Waals surface area contributed by atoms with Crippen molar-refractivity contribution in [3.8, 4) is 5.75 Å². The van der Waals surface area contributed by atoms with Crippen LogP contribution >= 0.6 is 23.2 Å². The number of carbonyl (C=O) groups is 1. The summed E-state index contributed by atoms with van der Waals surface area (Å²) in [7, 11) is 0. The van der Waals surface area contributed by atoms with Gasteiger partial charge >= 0.3 is 0 Å². The number of ketones is 1. The molecule has 148 valence electrons. The molecule has 1 aromatic heterocycles. The molecule has 0 saturated carbocycles. The zero-order valence-electron chi connectivity index (χ0n) is 15.7. The molecule has 7 nitrogen and oxygen atoms in total. The van der Waals surface area contributed by atoms with E-state index in [0.717, 1.165) is 16.8 Å². The number of anilines is 1. The van der Waals surface area contributed by atoms with Gasteiger partial charge in [-0.1, -0.05) is 46.5 Å². The van der Waals surface area contributed by atoms with Crippen LogP contribution in [0.15, 0.2) is 53.7 Å². The molecule has 1 aliphatic rings. The van der Waals surface area contributed by atoms with Crippen LogP contribution in [0.25, 0.3) is 0 Å². The summed E-state index contributed by atoms with van der Waals surface area (Å²) in [5.41, 5.74) is 3.16. The topological polar surface area (TPSA) is 81.9 Å². The Morgan fingerprint density at radius 2 is 1.93 bits per heavy atom. The highest BCUT2D eigenvalue weighted by molar-refractivity contribution is 6.42. The van der Waals surface area contributed by atoms with Crippen molar-refractivity contribution in [3.63, 3.8) is 0 Å². The maximum absolute atomic E-state index is 12.3. The molecule has 3 aromatic rings. The van der Waals surface area contributed by atoms with Crippen LogP contribution in [0.2, 0.25) is 10.0 Å². The van der Waals surface area contributed by atoms with Gasteiger partial charge in [-0.2, -0.15) is 4.68 Å². The van der Waals surface area contributed by atoms with Crippen LogP contribution in [-0.2, 0) is 11.4 Å². The van der Waals surface area contributed by atoms with Crippen molar-refractivity contribution in [2.24, 2.45) is 0 Å². The third-order valence-corrected chi connectivity index (χ3v) is 5.42. The second-order valence-electron chi connectivity index (χ2n) is 6.68. The number of halogens is 2. The summed E-state index contributed by atoms with van der Waals surface area (Å²) >= 11 is 12.0. The van der Waals surface area contributed by atoms with Gasteiger partial charge < -0.3 is 10.1 Å². The molecule has 1 aliphatic heterocycles. The second kappa shape index (κ2) is 7.85. The maximum Gasteiger partial charge on any atom is 0.248 e. The van der Waals surface area contributed by atoms with E-state index in [-0.39, 0.29) is 5.78 Å². The van der Waals surface area contributed by atoms with Crippen LogP contribution in [0.5, 0.6) is 5.75 Å². The number of rotatable bonds is 5. The lowest BCUT2D eigenvalue weighted by molar-refractivity contribution is -0.114. The number of hydrogen-bond donors (Lipinski definition) is 1. The molecule has 2 aromatic carbocycles. The van der Waals surface area contributed by atoms with E-state index in [0.29, 0.717) is 33.9 Å². The number of nitrogens with one attached hydrogen (secondary N) is 1. The maximum atomic E-state index is 12.3. The number of ether oxygens (including phenoxy) is 1. The van der Waals surface area contributed by atoms with E-state index in [4.69, 9.17) is 27.9 Å². The Bertz CT molecular complexity index is 1110. The number of Topliss-reactive ketones (excluding diaryl/α,β-unsaturated/α-hetero) is 1. The summed E-state index contributed by atoms with van der Waals surface area (Å²) in [4.78, 5) is 12.3. The molecule has 2 heterocycles. The third kappa shape index (κ3) is 3.83. The van der Waals surface area contributed by atoms with Crippen molar-refractivity contribution in [2.75, 3.05) is 5.32 Å². The van der Waals surface area contributed by atoms with Crippen LogP contribution in [0.4, 0.5) is 5.95 Å². The first-order valence-corrected chi connectivity index (χ1v) is 9.63. The average Bonchev–Trinajstić information content (AvgIpc) is 3.16. The fraction of sp³-hybridized carbons (Fsp3) is 0.200. The molecule has 0 amide bonds. The smallest absolute Gasteiger partial charge is 0.248 e. The van der Waals surface area contributed by atoms with Crippen molar-refractivity contribution in [1.82, 2.24) is 20.2 Å². The molecule has 0 fully saturated rings. The molecule has 0 spiro atoms. The van der Waals surface area contributed by atoms with Crippen LogP contribution < -0.4 is 10.1 Å². The predicted octanol–water partition coefficient (Wildman–Crippen LogP) is 4.44. The van der Waals surface area contributed by atoms with Crippen LogP contribution in [0.1, 0.15) is 31.0 Å². The summed E-state index contributed by atoms with van der Waals surface area (Å²) in [5, 5.41) is 15.8. The van der Waals surface area contributed by atoms with Crippen molar-refractivity contribution < 1.29 is 9.53 Å². The first kappa shape index (κ1) is 19.4. The van der Waals surface area contributed by atoms with Gasteiger partial charge in [0.2, 0.25) is 5.95 Å². The first-order chi connectivity index (χ1) is 13.9. The normalized spacial score (nSPS) is 15.7. The highest BCUT2D eigenvalue weighted by atomic mass is 35.5. The standard InChI is InChI=1S/C20H17Cl2N5O2/c1-11-18(12(2)28)19(27-20(23-11)24-25-26-27)14-4-6-15(7-5-14)29-10-13-3-8-16(21)17(22)9-13/h3-9,19H,10H2,1-2H3,(H,23,24,26). The molecule has 4 rings (SSSR count). The average molecular weight is 430 g/mol. The first-order valence-electron chi connectivity index (χ1n) is 8.87. The lowest BCUT2D eigenvalue weighted by atomic mass is 9.93. The molecule has 0 radical (unpaired) electrons. The fourth-order valence-corrected chi connectivity index (χ4v) is 3.64. The molecule has 1 unspecified atom stereocenters. The zero-order valence-corrected chi connectivity index (χ0v) is 17.2. The van der Waals surface area contributed by atoms with Crippen molar-refractivity contribution in [2.45, 2.75) is 26.5 Å². The van der Waals surface area contributed by atoms with Gasteiger partial charge in [-0.25, -0.2) is 0 Å². The summed E-state index contributed by atoms with van der Waals surface area (Å²) in [6.07, 6.45) is 0. The summed E-state index contributed by atoms with van der Waals surface area (Å²) in [5.74, 6) is 1.15. The van der Waals surface area contributed by atoms with Crippen LogP contribution in [0, 0.1) is 0 Å². The molecule has 29 heavy (non-hydrogen) atoms. The number of aromatic nitrogens is 4. The van der Waals surface area contributed by atoms with Gasteiger partial charge in [0.05, 0.1) is 10.0 Å². The van der Waals surface area contributed by atoms with Gasteiger partial charge in [0.15, 0.2) is 5.78 Å². The highest BCUT2D eigenvalue weighted by Crippen LogP contribution is 2.35. The van der Waals surface area contributed by atoms with E-state index in [2.05, 4.69) is 20.8 Å². The minimum absolute atomic E-state index is 0.0407. The van der Waals surface area contributed by atoms with E-state index in [1.165, 1.54) is 6.92 Å². The Balaban J connectivity index is 1.57. The Labute approximate surface area is 177 Å². The van der Waals surface area contributed by atoms with Crippen LogP contribution in [-0.4, -0.2) is 26.0 Å². The molecule has 9 heteroatoms. The van der Waals surface area contributed by atoms with E-state index < -0.39 is 6.04 Å². The number of fused-ring (bicyclic) bond motifs is 1. The molecule has 1 atom stereocenters. The van der Waals surface area contributed by atoms with Gasteiger partial charge in [0, 0.05) is 11.3 Å². The summed E-state index contributed by atoms with van der Waals surface area (Å²) in [6, 6.07) is 12.5. The molecule has 0 saturated heterocycles. The van der Waals surface area contributed by atoms with E-state index in [1.807, 2.05) is 37.3 Å². The lowest BCUT2D eigenvalue weighted by Crippen LogP contribution is -2.27. The Morgan fingerprint density at radius 3 is 2.62 bits per heavy atom. The lowest BCUT2D eigenvalue weighted by Gasteiger charge is -2.27. The Kier molecular flexibility index (Phi) is 5.25. The third-order valence-electron chi connectivity index (χ3n) is 4.68. The SMILES string of the molecule is CC(=O)C1=C(C)Nc2nnnn2C1c1ccc(OCc2ccc(Cl)c(Cl)c2)cc1. The minimum Gasteiger partial charge on any atom is -0.489 e. The monoisotopic (exact) mass is 429 g/mol. The van der Waals surface area contributed by atoms with E-state index in [1.54, 1.807) is 16.8 Å². The van der Waals surface area contributed by atoms with Crippen molar-refractivity contribution >= 4 is 34.9 Å². The largest absolute Gasteiger partial charge is 0.489 e. The number of nitrogens with zero attached hydrogens (tertiary/aromatic N) is 4. The van der Waals surface area contributed by atoms with Gasteiger partial charge in [0.25, 0.3) is 0 Å². The van der Waals surface area contributed by atoms with E-state index >= 15 is 0 Å². The molecule has 0 aliphatic carbocycles. The fourth-order valence-electron chi connectivity index (χ4n) is 3.32.